The molecule has 0 bridgehead atoms. The minimum atomic E-state index is -0.624. The molecule has 1 aromatic carbocycles. The van der Waals surface area contributed by atoms with Crippen molar-refractivity contribution in [2.24, 2.45) is 0 Å². The molecule has 0 aromatic heterocycles. The largest absolute Gasteiger partial charge is 0.482 e. The van der Waals surface area contributed by atoms with Gasteiger partial charge in [0.15, 0.2) is 11.5 Å². The fourth-order valence-electron chi connectivity index (χ4n) is 3.80. The highest BCUT2D eigenvalue weighted by molar-refractivity contribution is 5.82. The number of rotatable bonds is 2. The van der Waals surface area contributed by atoms with E-state index in [0.717, 1.165) is 19.4 Å². The van der Waals surface area contributed by atoms with Crippen LogP contribution in [0.1, 0.15) is 19.8 Å². The van der Waals surface area contributed by atoms with Crippen molar-refractivity contribution in [3.8, 4) is 11.5 Å². The van der Waals surface area contributed by atoms with E-state index in [1.54, 1.807) is 0 Å². The van der Waals surface area contributed by atoms with Crippen LogP contribution in [0.5, 0.6) is 11.5 Å². The summed E-state index contributed by atoms with van der Waals surface area (Å²) >= 11 is 0. The minimum absolute atomic E-state index is 0.0130. The maximum atomic E-state index is 12.9. The average Bonchev–Trinajstić information content (AvgIpc) is 3.06. The zero-order valence-electron chi connectivity index (χ0n) is 14.3. The second kappa shape index (κ2) is 6.46. The van der Waals surface area contributed by atoms with Gasteiger partial charge in [-0.3, -0.25) is 4.79 Å². The van der Waals surface area contributed by atoms with Gasteiger partial charge in [0.25, 0.3) is 5.91 Å². The third-order valence-corrected chi connectivity index (χ3v) is 5.19. The Hall–Kier alpha value is -2.44. The third kappa shape index (κ3) is 2.99. The lowest BCUT2D eigenvalue weighted by Crippen LogP contribution is -2.54. The second-order valence-corrected chi connectivity index (χ2v) is 6.79. The van der Waals surface area contributed by atoms with E-state index < -0.39 is 6.10 Å². The van der Waals surface area contributed by atoms with Crippen molar-refractivity contribution in [1.29, 1.82) is 0 Å². The molecule has 3 aliphatic rings. The number of urea groups is 1. The summed E-state index contributed by atoms with van der Waals surface area (Å²) in [4.78, 5) is 28.4. The highest BCUT2D eigenvalue weighted by Crippen LogP contribution is 2.34. The fourth-order valence-corrected chi connectivity index (χ4v) is 3.80. The number of nitrogens with one attached hydrogen (secondary N) is 1. The monoisotopic (exact) mass is 345 g/mol. The van der Waals surface area contributed by atoms with Gasteiger partial charge in [0.05, 0.1) is 0 Å². The Labute approximate surface area is 146 Å². The predicted molar refractivity (Wildman–Crippen MR) is 90.7 cm³/mol. The quantitative estimate of drug-likeness (QED) is 0.875. The SMILES string of the molecule is C[C@@H]1Oc2ccccc2O[C@@H]1C(=O)N1CCC(N2CCNC2=O)CC1. The van der Waals surface area contributed by atoms with Gasteiger partial charge in [-0.1, -0.05) is 12.1 Å². The number of likely N-dealkylation sites (tertiary alicyclic amines) is 1. The van der Waals surface area contributed by atoms with Crippen LogP contribution in [-0.2, 0) is 4.79 Å². The van der Waals surface area contributed by atoms with Crippen molar-refractivity contribution >= 4 is 11.9 Å². The molecule has 3 heterocycles. The summed E-state index contributed by atoms with van der Waals surface area (Å²) in [5.74, 6) is 1.26. The molecule has 2 fully saturated rings. The van der Waals surface area contributed by atoms with Crippen LogP contribution >= 0.6 is 0 Å². The molecule has 7 nitrogen and oxygen atoms in total. The maximum Gasteiger partial charge on any atom is 0.317 e. The molecular weight excluding hydrogens is 322 g/mol. The highest BCUT2D eigenvalue weighted by Gasteiger charge is 2.39. The van der Waals surface area contributed by atoms with Crippen molar-refractivity contribution in [3.63, 3.8) is 0 Å². The van der Waals surface area contributed by atoms with E-state index in [1.165, 1.54) is 0 Å². The standard InChI is InChI=1S/C18H23N3O4/c1-12-16(25-15-5-3-2-4-14(15)24-12)17(22)20-9-6-13(7-10-20)21-11-8-19-18(21)23/h2-5,12-13,16H,6-11H2,1H3,(H,19,23)/t12-,16-/m0/s1. The van der Waals surface area contributed by atoms with Crippen LogP contribution in [0.25, 0.3) is 0 Å². The van der Waals surface area contributed by atoms with Crippen LogP contribution < -0.4 is 14.8 Å². The molecule has 1 N–H and O–H groups in total. The Kier molecular flexibility index (Phi) is 4.15. The van der Waals surface area contributed by atoms with Gasteiger partial charge >= 0.3 is 6.03 Å². The van der Waals surface area contributed by atoms with Crippen molar-refractivity contribution in [2.45, 2.75) is 38.0 Å². The molecule has 134 valence electrons. The first-order valence-electron chi connectivity index (χ1n) is 8.89. The Balaban J connectivity index is 1.38. The van der Waals surface area contributed by atoms with Crippen LogP contribution in [-0.4, -0.2) is 66.2 Å². The summed E-state index contributed by atoms with van der Waals surface area (Å²) in [5.41, 5.74) is 0. The number of carbonyl (C=O) groups is 2. The number of para-hydroxylation sites is 2. The van der Waals surface area contributed by atoms with Gasteiger partial charge in [-0.15, -0.1) is 0 Å². The van der Waals surface area contributed by atoms with Gasteiger partial charge in [-0.05, 0) is 31.9 Å². The number of ether oxygens (including phenoxy) is 2. The van der Waals surface area contributed by atoms with Crippen LogP contribution in [0.4, 0.5) is 4.79 Å². The number of hydrogen-bond donors (Lipinski definition) is 1. The molecule has 4 rings (SSSR count). The number of fused-ring (bicyclic) bond motifs is 1. The van der Waals surface area contributed by atoms with Crippen molar-refractivity contribution in [1.82, 2.24) is 15.1 Å². The third-order valence-electron chi connectivity index (χ3n) is 5.19. The van der Waals surface area contributed by atoms with Gasteiger partial charge in [0, 0.05) is 32.2 Å². The van der Waals surface area contributed by atoms with E-state index in [1.807, 2.05) is 41.0 Å². The molecule has 2 atom stereocenters. The fraction of sp³-hybridized carbons (Fsp3) is 0.556. The molecule has 0 radical (unpaired) electrons. The Bertz CT molecular complexity index is 672. The predicted octanol–water partition coefficient (Wildman–Crippen LogP) is 1.23. The van der Waals surface area contributed by atoms with Crippen molar-refractivity contribution in [2.75, 3.05) is 26.2 Å². The number of carbonyl (C=O) groups excluding carboxylic acids is 2. The van der Waals surface area contributed by atoms with Crippen LogP contribution in [0.3, 0.4) is 0 Å². The second-order valence-electron chi connectivity index (χ2n) is 6.79. The Morgan fingerprint density at radius 3 is 2.44 bits per heavy atom. The van der Waals surface area contributed by atoms with E-state index >= 15 is 0 Å². The first-order chi connectivity index (χ1) is 12.1. The number of benzene rings is 1. The van der Waals surface area contributed by atoms with Gasteiger partial charge in [0.1, 0.15) is 6.10 Å². The summed E-state index contributed by atoms with van der Waals surface area (Å²) in [6, 6.07) is 7.65. The molecular formula is C18H23N3O4. The molecule has 25 heavy (non-hydrogen) atoms. The zero-order valence-corrected chi connectivity index (χ0v) is 14.3. The van der Waals surface area contributed by atoms with Gasteiger partial charge in [-0.2, -0.15) is 0 Å². The van der Waals surface area contributed by atoms with Crippen molar-refractivity contribution in [3.05, 3.63) is 24.3 Å². The summed E-state index contributed by atoms with van der Waals surface area (Å²) in [7, 11) is 0. The number of hydrogen-bond acceptors (Lipinski definition) is 4. The van der Waals surface area contributed by atoms with Crippen LogP contribution in [0, 0.1) is 0 Å². The molecule has 3 amide bonds. The molecule has 3 aliphatic heterocycles. The van der Waals surface area contributed by atoms with Crippen molar-refractivity contribution < 1.29 is 19.1 Å². The molecule has 0 saturated carbocycles. The number of piperidine rings is 1. The van der Waals surface area contributed by atoms with E-state index in [0.29, 0.717) is 31.1 Å². The first kappa shape index (κ1) is 16.1. The average molecular weight is 345 g/mol. The van der Waals surface area contributed by atoms with E-state index in [-0.39, 0.29) is 24.1 Å². The van der Waals surface area contributed by atoms with Crippen LogP contribution in [0.2, 0.25) is 0 Å². The van der Waals surface area contributed by atoms with E-state index in [4.69, 9.17) is 9.47 Å². The number of nitrogens with zero attached hydrogens (tertiary/aromatic N) is 2. The topological polar surface area (TPSA) is 71.1 Å². The minimum Gasteiger partial charge on any atom is -0.482 e. The van der Waals surface area contributed by atoms with E-state index in [2.05, 4.69) is 5.32 Å². The maximum absolute atomic E-state index is 12.9. The normalized spacial score (nSPS) is 26.5. The molecule has 0 aliphatic carbocycles. The number of amides is 3. The molecule has 1 aromatic rings. The molecule has 7 heteroatoms. The summed E-state index contributed by atoms with van der Waals surface area (Å²) in [6.07, 6.45) is 0.654. The van der Waals surface area contributed by atoms with E-state index in [9.17, 15) is 9.59 Å². The lowest BCUT2D eigenvalue weighted by Gasteiger charge is -2.39. The lowest BCUT2D eigenvalue weighted by atomic mass is 10.0. The highest BCUT2D eigenvalue weighted by atomic mass is 16.6. The molecule has 2 saturated heterocycles. The molecule has 0 spiro atoms. The zero-order chi connectivity index (χ0) is 17.4. The lowest BCUT2D eigenvalue weighted by molar-refractivity contribution is -0.145. The summed E-state index contributed by atoms with van der Waals surface area (Å²) < 4.78 is 11.8. The summed E-state index contributed by atoms with van der Waals surface area (Å²) in [6.45, 7) is 4.61. The Morgan fingerprint density at radius 2 is 1.80 bits per heavy atom. The van der Waals surface area contributed by atoms with Gasteiger partial charge in [-0.25, -0.2) is 4.79 Å². The Morgan fingerprint density at radius 1 is 1.12 bits per heavy atom. The smallest absolute Gasteiger partial charge is 0.317 e. The van der Waals surface area contributed by atoms with Gasteiger partial charge in [0.2, 0.25) is 6.10 Å². The van der Waals surface area contributed by atoms with Gasteiger partial charge < -0.3 is 24.6 Å². The first-order valence-corrected chi connectivity index (χ1v) is 8.89. The summed E-state index contributed by atoms with van der Waals surface area (Å²) in [5, 5.41) is 2.84. The van der Waals surface area contributed by atoms with Crippen LogP contribution in [0.15, 0.2) is 24.3 Å². The molecule has 0 unspecified atom stereocenters.